The summed E-state index contributed by atoms with van der Waals surface area (Å²) in [5.41, 5.74) is 5.86. The van der Waals surface area contributed by atoms with Crippen molar-refractivity contribution in [3.63, 3.8) is 0 Å². The average Bonchev–Trinajstić information content (AvgIpc) is 2.55. The molecule has 0 amide bonds. The normalized spacial score (nSPS) is 10.9. The van der Waals surface area contributed by atoms with Crippen molar-refractivity contribution in [2.45, 2.75) is 6.92 Å². The maximum Gasteiger partial charge on any atom is 0.0629 e. The van der Waals surface area contributed by atoms with Gasteiger partial charge in [0.2, 0.25) is 0 Å². The molecule has 0 spiro atoms. The molecule has 0 heterocycles. The van der Waals surface area contributed by atoms with Crippen molar-refractivity contribution in [1.82, 2.24) is 0 Å². The molecule has 102 valence electrons. The van der Waals surface area contributed by atoms with Crippen LogP contribution in [0.25, 0.3) is 11.1 Å². The molecule has 0 aliphatic rings. The minimum Gasteiger partial charge on any atom is -0.256 e. The molecule has 0 unspecified atom stereocenters. The lowest BCUT2D eigenvalue weighted by Gasteiger charge is -2.08. The van der Waals surface area contributed by atoms with E-state index in [1.165, 1.54) is 16.7 Å². The number of hydrogen-bond donors (Lipinski definition) is 0. The van der Waals surface area contributed by atoms with Crippen molar-refractivity contribution in [3.8, 4) is 11.1 Å². The van der Waals surface area contributed by atoms with E-state index >= 15 is 0 Å². The lowest BCUT2D eigenvalue weighted by molar-refractivity contribution is 1.45. The van der Waals surface area contributed by atoms with Gasteiger partial charge >= 0.3 is 0 Å². The van der Waals surface area contributed by atoms with Gasteiger partial charge in [0.25, 0.3) is 0 Å². The van der Waals surface area contributed by atoms with Gasteiger partial charge in [-0.2, -0.15) is 0 Å². The second-order valence-corrected chi connectivity index (χ2v) is 5.00. The van der Waals surface area contributed by atoms with Gasteiger partial charge in [0, 0.05) is 11.8 Å². The molecule has 0 aliphatic carbocycles. The van der Waals surface area contributed by atoms with E-state index in [-0.39, 0.29) is 0 Å². The van der Waals surface area contributed by atoms with Crippen molar-refractivity contribution >= 4 is 11.9 Å². The van der Waals surface area contributed by atoms with E-state index in [2.05, 4.69) is 54.4 Å². The highest BCUT2D eigenvalue weighted by atomic mass is 14.7. The fourth-order valence-corrected chi connectivity index (χ4v) is 2.39. The third-order valence-corrected chi connectivity index (χ3v) is 3.50. The van der Waals surface area contributed by atoms with E-state index in [1.807, 2.05) is 42.6 Å². The molecule has 3 aromatic rings. The van der Waals surface area contributed by atoms with E-state index in [0.717, 1.165) is 11.3 Å². The lowest BCUT2D eigenvalue weighted by atomic mass is 9.96. The summed E-state index contributed by atoms with van der Waals surface area (Å²) < 4.78 is 0. The molecule has 0 saturated heterocycles. The zero-order valence-corrected chi connectivity index (χ0v) is 12.0. The number of nitrogens with zero attached hydrogens (tertiary/aromatic N) is 1. The second-order valence-electron chi connectivity index (χ2n) is 5.00. The van der Waals surface area contributed by atoms with Crippen LogP contribution >= 0.6 is 0 Å². The van der Waals surface area contributed by atoms with Crippen LogP contribution in [0.3, 0.4) is 0 Å². The Kier molecular flexibility index (Phi) is 3.92. The molecule has 0 atom stereocenters. The second kappa shape index (κ2) is 6.19. The van der Waals surface area contributed by atoms with Gasteiger partial charge in [-0.25, -0.2) is 0 Å². The van der Waals surface area contributed by atoms with E-state index in [0.29, 0.717) is 0 Å². The molecule has 1 heteroatoms. The fourth-order valence-electron chi connectivity index (χ4n) is 2.39. The van der Waals surface area contributed by atoms with Gasteiger partial charge in [-0.15, -0.1) is 0 Å². The fraction of sp³-hybridized carbons (Fsp3) is 0.0500. The average molecular weight is 271 g/mol. The van der Waals surface area contributed by atoms with Crippen LogP contribution in [-0.2, 0) is 0 Å². The van der Waals surface area contributed by atoms with Crippen LogP contribution in [0.4, 0.5) is 5.69 Å². The van der Waals surface area contributed by atoms with Crippen molar-refractivity contribution in [3.05, 3.63) is 90.0 Å². The molecule has 0 bridgehead atoms. The summed E-state index contributed by atoms with van der Waals surface area (Å²) in [5, 5.41) is 0. The van der Waals surface area contributed by atoms with E-state index in [4.69, 9.17) is 0 Å². The molecule has 0 N–H and O–H groups in total. The molecule has 3 rings (SSSR count). The molecule has 0 radical (unpaired) electrons. The topological polar surface area (TPSA) is 12.4 Å². The molecule has 21 heavy (non-hydrogen) atoms. The van der Waals surface area contributed by atoms with Crippen molar-refractivity contribution < 1.29 is 0 Å². The van der Waals surface area contributed by atoms with Gasteiger partial charge in [0.05, 0.1) is 5.69 Å². The summed E-state index contributed by atoms with van der Waals surface area (Å²) >= 11 is 0. The first-order valence-electron chi connectivity index (χ1n) is 7.09. The Morgan fingerprint density at radius 2 is 1.29 bits per heavy atom. The van der Waals surface area contributed by atoms with Crippen molar-refractivity contribution in [1.29, 1.82) is 0 Å². The number of benzene rings is 3. The Hall–Kier alpha value is -2.67. The maximum absolute atomic E-state index is 4.57. The number of aliphatic imine (C=N–C) groups is 1. The van der Waals surface area contributed by atoms with Crippen molar-refractivity contribution in [2.24, 2.45) is 4.99 Å². The van der Waals surface area contributed by atoms with Crippen LogP contribution in [-0.4, -0.2) is 6.21 Å². The number of aryl methyl sites for hydroxylation is 1. The first kappa shape index (κ1) is 13.3. The van der Waals surface area contributed by atoms with Crippen molar-refractivity contribution in [2.75, 3.05) is 0 Å². The minimum absolute atomic E-state index is 0.970. The number of para-hydroxylation sites is 1. The lowest BCUT2D eigenvalue weighted by Crippen LogP contribution is -1.89. The molecular formula is C20H17N. The van der Waals surface area contributed by atoms with E-state index in [9.17, 15) is 0 Å². The van der Waals surface area contributed by atoms with Gasteiger partial charge < -0.3 is 0 Å². The molecule has 0 aromatic heterocycles. The molecule has 0 saturated carbocycles. The Morgan fingerprint density at radius 1 is 0.667 bits per heavy atom. The van der Waals surface area contributed by atoms with Gasteiger partial charge in [-0.05, 0) is 35.7 Å². The highest BCUT2D eigenvalue weighted by molar-refractivity contribution is 5.92. The van der Waals surface area contributed by atoms with E-state index in [1.54, 1.807) is 0 Å². The zero-order chi connectivity index (χ0) is 14.5. The smallest absolute Gasteiger partial charge is 0.0629 e. The molecule has 0 aliphatic heterocycles. The molecule has 1 nitrogen and oxygen atoms in total. The van der Waals surface area contributed by atoms with Gasteiger partial charge in [-0.1, -0.05) is 66.7 Å². The number of hydrogen-bond acceptors (Lipinski definition) is 1. The first-order valence-corrected chi connectivity index (χ1v) is 7.09. The Morgan fingerprint density at radius 3 is 2.05 bits per heavy atom. The molecule has 0 fully saturated rings. The Labute approximate surface area is 125 Å². The summed E-state index contributed by atoms with van der Waals surface area (Å²) in [6.07, 6.45) is 1.94. The summed E-state index contributed by atoms with van der Waals surface area (Å²) in [6.45, 7) is 2.14. The number of rotatable bonds is 3. The highest BCUT2D eigenvalue weighted by Crippen LogP contribution is 2.26. The third-order valence-electron chi connectivity index (χ3n) is 3.50. The van der Waals surface area contributed by atoms with Crippen LogP contribution in [0.15, 0.2) is 83.9 Å². The van der Waals surface area contributed by atoms with Gasteiger partial charge in [0.1, 0.15) is 0 Å². The summed E-state index contributed by atoms with van der Waals surface area (Å²) in [5.74, 6) is 0. The SMILES string of the molecule is Cc1ccccc1-c1ccccc1C=Nc1ccccc1. The predicted octanol–water partition coefficient (Wildman–Crippen LogP) is 5.41. The quantitative estimate of drug-likeness (QED) is 0.564. The van der Waals surface area contributed by atoms with Crippen LogP contribution < -0.4 is 0 Å². The molecule has 3 aromatic carbocycles. The summed E-state index contributed by atoms with van der Waals surface area (Å²) in [7, 11) is 0. The highest BCUT2D eigenvalue weighted by Gasteiger charge is 2.04. The van der Waals surface area contributed by atoms with E-state index < -0.39 is 0 Å². The Balaban J connectivity index is 2.01. The largest absolute Gasteiger partial charge is 0.256 e. The maximum atomic E-state index is 4.57. The van der Waals surface area contributed by atoms with Crippen LogP contribution in [0, 0.1) is 6.92 Å². The molecular weight excluding hydrogens is 254 g/mol. The standard InChI is InChI=1S/C20H17N/c1-16-9-5-7-13-19(16)20-14-8-6-10-17(20)15-21-18-11-3-2-4-12-18/h2-15H,1H3. The van der Waals surface area contributed by atoms with Crippen LogP contribution in [0.2, 0.25) is 0 Å². The zero-order valence-electron chi connectivity index (χ0n) is 12.0. The first-order chi connectivity index (χ1) is 10.3. The van der Waals surface area contributed by atoms with Crippen LogP contribution in [0.1, 0.15) is 11.1 Å². The summed E-state index contributed by atoms with van der Waals surface area (Å²) in [6, 6.07) is 26.8. The Bertz CT molecular complexity index is 758. The summed E-state index contributed by atoms with van der Waals surface area (Å²) in [4.78, 5) is 4.57. The third kappa shape index (κ3) is 3.09. The van der Waals surface area contributed by atoms with Gasteiger partial charge in [0.15, 0.2) is 0 Å². The predicted molar refractivity (Wildman–Crippen MR) is 90.3 cm³/mol. The monoisotopic (exact) mass is 271 g/mol. The minimum atomic E-state index is 0.970. The van der Waals surface area contributed by atoms with Crippen LogP contribution in [0.5, 0.6) is 0 Å². The van der Waals surface area contributed by atoms with Gasteiger partial charge in [-0.3, -0.25) is 4.99 Å².